The number of hydrogen-bond donors (Lipinski definition) is 0. The molecule has 0 aliphatic heterocycles. The first-order valence-corrected chi connectivity index (χ1v) is 4.83. The monoisotopic (exact) mass is 199 g/mol. The largest absolute Gasteiger partial charge is 0.372 e. The molecular formula is C10H14ClNO. The van der Waals surface area contributed by atoms with E-state index in [2.05, 4.69) is 11.9 Å². The van der Waals surface area contributed by atoms with E-state index in [1.165, 1.54) is 0 Å². The van der Waals surface area contributed by atoms with Crippen LogP contribution < -0.4 is 0 Å². The number of hydrogen-bond acceptors (Lipinski definition) is 2. The van der Waals surface area contributed by atoms with Crippen LogP contribution in [0.25, 0.3) is 0 Å². The molecule has 0 aliphatic rings. The molecule has 1 aromatic heterocycles. The molecule has 0 bridgehead atoms. The molecule has 13 heavy (non-hydrogen) atoms. The molecule has 0 fully saturated rings. The van der Waals surface area contributed by atoms with Crippen LogP contribution in [0, 0.1) is 0 Å². The molecule has 1 rings (SSSR count). The minimum atomic E-state index is 0.279. The van der Waals surface area contributed by atoms with E-state index in [4.69, 9.17) is 16.3 Å². The summed E-state index contributed by atoms with van der Waals surface area (Å²) in [5.41, 5.74) is 0.882. The molecule has 0 saturated carbocycles. The molecule has 0 amide bonds. The second-order valence-corrected chi connectivity index (χ2v) is 3.37. The lowest BCUT2D eigenvalue weighted by Gasteiger charge is -2.09. The van der Waals surface area contributed by atoms with Crippen molar-refractivity contribution in [1.82, 2.24) is 4.98 Å². The minimum absolute atomic E-state index is 0.279. The number of pyridine rings is 1. The van der Waals surface area contributed by atoms with Gasteiger partial charge in [0.1, 0.15) is 5.15 Å². The van der Waals surface area contributed by atoms with Crippen LogP contribution in [0.1, 0.15) is 26.0 Å². The Bertz CT molecular complexity index is 265. The molecule has 0 radical (unpaired) electrons. The van der Waals surface area contributed by atoms with Crippen LogP contribution in [-0.2, 0) is 11.3 Å². The summed E-state index contributed by atoms with van der Waals surface area (Å²) >= 11 is 5.73. The Morgan fingerprint density at radius 1 is 1.54 bits per heavy atom. The van der Waals surface area contributed by atoms with Crippen LogP contribution in [0.3, 0.4) is 0 Å². The van der Waals surface area contributed by atoms with E-state index in [0.29, 0.717) is 11.8 Å². The first-order valence-electron chi connectivity index (χ1n) is 4.45. The van der Waals surface area contributed by atoms with E-state index in [1.54, 1.807) is 6.07 Å². The van der Waals surface area contributed by atoms with Gasteiger partial charge in [0.2, 0.25) is 0 Å². The lowest BCUT2D eigenvalue weighted by atomic mass is 10.3. The van der Waals surface area contributed by atoms with Gasteiger partial charge in [-0.1, -0.05) is 24.6 Å². The summed E-state index contributed by atoms with van der Waals surface area (Å²) in [5, 5.41) is 0.519. The smallest absolute Gasteiger partial charge is 0.129 e. The number of halogens is 1. The molecule has 0 saturated heterocycles. The maximum Gasteiger partial charge on any atom is 0.129 e. The predicted octanol–water partition coefficient (Wildman–Crippen LogP) is 3.05. The average Bonchev–Trinajstić information content (AvgIpc) is 2.14. The van der Waals surface area contributed by atoms with Crippen LogP contribution >= 0.6 is 11.6 Å². The second-order valence-electron chi connectivity index (χ2n) is 2.98. The second kappa shape index (κ2) is 5.20. The molecule has 72 valence electrons. The van der Waals surface area contributed by atoms with Gasteiger partial charge in [-0.2, -0.15) is 0 Å². The van der Waals surface area contributed by atoms with Gasteiger partial charge >= 0.3 is 0 Å². The van der Waals surface area contributed by atoms with Gasteiger partial charge in [-0.15, -0.1) is 0 Å². The predicted molar refractivity (Wildman–Crippen MR) is 53.8 cm³/mol. The number of aromatic nitrogens is 1. The van der Waals surface area contributed by atoms with E-state index in [0.717, 1.165) is 12.1 Å². The lowest BCUT2D eigenvalue weighted by molar-refractivity contribution is 0.0489. The van der Waals surface area contributed by atoms with Gasteiger partial charge in [-0.25, -0.2) is 4.98 Å². The quantitative estimate of drug-likeness (QED) is 0.696. The summed E-state index contributed by atoms with van der Waals surface area (Å²) in [4.78, 5) is 4.12. The van der Waals surface area contributed by atoms with E-state index in [9.17, 15) is 0 Å². The van der Waals surface area contributed by atoms with E-state index >= 15 is 0 Å². The zero-order chi connectivity index (χ0) is 9.68. The highest BCUT2D eigenvalue weighted by Gasteiger charge is 2.00. The first-order chi connectivity index (χ1) is 6.22. The zero-order valence-corrected chi connectivity index (χ0v) is 8.71. The van der Waals surface area contributed by atoms with Crippen molar-refractivity contribution in [3.8, 4) is 0 Å². The summed E-state index contributed by atoms with van der Waals surface area (Å²) in [5.74, 6) is 0. The molecule has 0 N–H and O–H groups in total. The van der Waals surface area contributed by atoms with Crippen molar-refractivity contribution < 1.29 is 4.74 Å². The van der Waals surface area contributed by atoms with Crippen LogP contribution in [0.4, 0.5) is 0 Å². The molecule has 1 heterocycles. The molecule has 0 aliphatic carbocycles. The third kappa shape index (κ3) is 3.75. The maximum atomic E-state index is 5.73. The van der Waals surface area contributed by atoms with Gasteiger partial charge < -0.3 is 4.74 Å². The van der Waals surface area contributed by atoms with Crippen molar-refractivity contribution >= 4 is 11.6 Å². The number of rotatable bonds is 4. The Morgan fingerprint density at radius 2 is 2.31 bits per heavy atom. The molecule has 1 atom stereocenters. The van der Waals surface area contributed by atoms with Gasteiger partial charge in [0.25, 0.3) is 0 Å². The standard InChI is InChI=1S/C10H14ClNO/c1-3-8(2)13-7-9-5-4-6-10(11)12-9/h4-6,8H,3,7H2,1-2H3. The Balaban J connectivity index is 2.45. The van der Waals surface area contributed by atoms with Crippen molar-refractivity contribution in [2.75, 3.05) is 0 Å². The summed E-state index contributed by atoms with van der Waals surface area (Å²) < 4.78 is 5.51. The number of ether oxygens (including phenoxy) is 1. The fraction of sp³-hybridized carbons (Fsp3) is 0.500. The molecule has 3 heteroatoms. The Kier molecular flexibility index (Phi) is 4.19. The fourth-order valence-electron chi connectivity index (χ4n) is 0.876. The van der Waals surface area contributed by atoms with Gasteiger partial charge in [0.05, 0.1) is 18.4 Å². The first kappa shape index (κ1) is 10.5. The van der Waals surface area contributed by atoms with Crippen molar-refractivity contribution in [2.45, 2.75) is 33.0 Å². The van der Waals surface area contributed by atoms with Gasteiger partial charge in [0.15, 0.2) is 0 Å². The van der Waals surface area contributed by atoms with Crippen LogP contribution in [0.2, 0.25) is 5.15 Å². The summed E-state index contributed by atoms with van der Waals surface area (Å²) in [7, 11) is 0. The highest BCUT2D eigenvalue weighted by atomic mass is 35.5. The molecule has 0 aromatic carbocycles. The Morgan fingerprint density at radius 3 is 2.92 bits per heavy atom. The summed E-state index contributed by atoms with van der Waals surface area (Å²) in [6.07, 6.45) is 1.29. The molecule has 0 spiro atoms. The third-order valence-corrected chi connectivity index (χ3v) is 2.07. The van der Waals surface area contributed by atoms with Gasteiger partial charge in [0, 0.05) is 0 Å². The van der Waals surface area contributed by atoms with Gasteiger partial charge in [-0.3, -0.25) is 0 Å². The normalized spacial score (nSPS) is 12.8. The van der Waals surface area contributed by atoms with Crippen LogP contribution in [-0.4, -0.2) is 11.1 Å². The molecular weight excluding hydrogens is 186 g/mol. The zero-order valence-electron chi connectivity index (χ0n) is 7.96. The van der Waals surface area contributed by atoms with Crippen LogP contribution in [0.15, 0.2) is 18.2 Å². The van der Waals surface area contributed by atoms with Crippen molar-refractivity contribution in [2.24, 2.45) is 0 Å². The topological polar surface area (TPSA) is 22.1 Å². The lowest BCUT2D eigenvalue weighted by Crippen LogP contribution is -2.06. The Hall–Kier alpha value is -0.600. The van der Waals surface area contributed by atoms with Crippen molar-refractivity contribution in [3.05, 3.63) is 29.0 Å². The molecule has 1 aromatic rings. The Labute approximate surface area is 83.9 Å². The SMILES string of the molecule is CCC(C)OCc1cccc(Cl)n1. The average molecular weight is 200 g/mol. The highest BCUT2D eigenvalue weighted by molar-refractivity contribution is 6.29. The molecule has 2 nitrogen and oxygen atoms in total. The molecule has 1 unspecified atom stereocenters. The van der Waals surface area contributed by atoms with E-state index in [1.807, 2.05) is 19.1 Å². The third-order valence-electron chi connectivity index (χ3n) is 1.86. The summed E-state index contributed by atoms with van der Waals surface area (Å²) in [6, 6.07) is 5.55. The fourth-order valence-corrected chi connectivity index (χ4v) is 1.06. The highest BCUT2D eigenvalue weighted by Crippen LogP contribution is 2.07. The minimum Gasteiger partial charge on any atom is -0.372 e. The van der Waals surface area contributed by atoms with E-state index in [-0.39, 0.29) is 6.10 Å². The van der Waals surface area contributed by atoms with Gasteiger partial charge in [-0.05, 0) is 25.5 Å². The van der Waals surface area contributed by atoms with Crippen molar-refractivity contribution in [3.63, 3.8) is 0 Å². The maximum absolute atomic E-state index is 5.73. The van der Waals surface area contributed by atoms with E-state index < -0.39 is 0 Å². The van der Waals surface area contributed by atoms with Crippen LogP contribution in [0.5, 0.6) is 0 Å². The summed E-state index contributed by atoms with van der Waals surface area (Å²) in [6.45, 7) is 4.68. The number of nitrogens with zero attached hydrogens (tertiary/aromatic N) is 1. The van der Waals surface area contributed by atoms with Crippen molar-refractivity contribution in [1.29, 1.82) is 0 Å².